The van der Waals surface area contributed by atoms with Gasteiger partial charge in [-0.3, -0.25) is 24.6 Å². The second-order valence-corrected chi connectivity index (χ2v) is 7.68. The van der Waals surface area contributed by atoms with Gasteiger partial charge in [0.1, 0.15) is 11.6 Å². The van der Waals surface area contributed by atoms with Gasteiger partial charge in [-0.2, -0.15) is 0 Å². The summed E-state index contributed by atoms with van der Waals surface area (Å²) < 4.78 is 18.6. The molecule has 31 heavy (non-hydrogen) atoms. The molecule has 0 N–H and O–H groups in total. The predicted molar refractivity (Wildman–Crippen MR) is 111 cm³/mol. The molecular formula is C22H24FN3O5. The molecule has 8 nitrogen and oxygen atoms in total. The average molecular weight is 429 g/mol. The van der Waals surface area contributed by atoms with E-state index >= 15 is 0 Å². The number of rotatable bonds is 7. The number of carbonyl (C=O) groups is 2. The number of amides is 1. The Morgan fingerprint density at radius 2 is 1.90 bits per heavy atom. The van der Waals surface area contributed by atoms with Crippen LogP contribution in [0.1, 0.15) is 29.8 Å². The van der Waals surface area contributed by atoms with Crippen LogP contribution in [0.2, 0.25) is 0 Å². The molecule has 0 spiro atoms. The molecule has 2 atom stereocenters. The van der Waals surface area contributed by atoms with E-state index in [1.807, 2.05) is 13.8 Å². The number of hydrogen-bond acceptors (Lipinski definition) is 6. The average Bonchev–Trinajstić information content (AvgIpc) is 2.75. The molecule has 164 valence electrons. The van der Waals surface area contributed by atoms with Crippen LogP contribution in [0.5, 0.6) is 5.75 Å². The van der Waals surface area contributed by atoms with Crippen molar-refractivity contribution in [2.75, 3.05) is 19.7 Å². The number of piperazine rings is 1. The van der Waals surface area contributed by atoms with Crippen LogP contribution in [-0.4, -0.2) is 58.7 Å². The molecule has 2 aromatic rings. The summed E-state index contributed by atoms with van der Waals surface area (Å²) in [4.78, 5) is 38.1. The summed E-state index contributed by atoms with van der Waals surface area (Å²) in [5.74, 6) is -0.252. The molecule has 0 aromatic heterocycles. The van der Waals surface area contributed by atoms with E-state index in [0.29, 0.717) is 25.9 Å². The summed E-state index contributed by atoms with van der Waals surface area (Å²) in [7, 11) is 0. The lowest BCUT2D eigenvalue weighted by Gasteiger charge is -2.44. The van der Waals surface area contributed by atoms with E-state index in [2.05, 4.69) is 4.90 Å². The number of ether oxygens (including phenoxy) is 1. The third-order valence-electron chi connectivity index (χ3n) is 5.42. The molecule has 1 fully saturated rings. The van der Waals surface area contributed by atoms with Crippen molar-refractivity contribution in [3.05, 3.63) is 69.5 Å². The summed E-state index contributed by atoms with van der Waals surface area (Å²) in [5, 5.41) is 10.9. The van der Waals surface area contributed by atoms with Crippen LogP contribution in [0.3, 0.4) is 0 Å². The molecular weight excluding hydrogens is 405 g/mol. The molecule has 2 unspecified atom stereocenters. The maximum atomic E-state index is 13.1. The number of aldehydes is 1. The number of nitrogens with zero attached hydrogens (tertiary/aromatic N) is 3. The highest BCUT2D eigenvalue weighted by Crippen LogP contribution is 2.23. The summed E-state index contributed by atoms with van der Waals surface area (Å²) >= 11 is 0. The summed E-state index contributed by atoms with van der Waals surface area (Å²) in [6.45, 7) is 5.61. The Kier molecular flexibility index (Phi) is 6.96. The Morgan fingerprint density at radius 1 is 1.19 bits per heavy atom. The zero-order valence-electron chi connectivity index (χ0n) is 17.4. The highest BCUT2D eigenvalue weighted by molar-refractivity contribution is 5.82. The van der Waals surface area contributed by atoms with Gasteiger partial charge in [0.25, 0.3) is 11.6 Å². The fourth-order valence-corrected chi connectivity index (χ4v) is 3.70. The van der Waals surface area contributed by atoms with Gasteiger partial charge < -0.3 is 9.64 Å². The van der Waals surface area contributed by atoms with Crippen molar-refractivity contribution in [3.63, 3.8) is 0 Å². The quantitative estimate of drug-likeness (QED) is 0.382. The Labute approximate surface area is 179 Å². The zero-order chi connectivity index (χ0) is 22.5. The number of nitro benzene ring substituents is 1. The summed E-state index contributed by atoms with van der Waals surface area (Å²) in [6.07, 6.45) is 0.386. The monoisotopic (exact) mass is 429 g/mol. The Balaban J connectivity index is 1.58. The van der Waals surface area contributed by atoms with E-state index in [1.54, 1.807) is 17.0 Å². The van der Waals surface area contributed by atoms with E-state index in [1.165, 1.54) is 30.3 Å². The molecule has 2 aromatic carbocycles. The SMILES string of the molecule is CC1CN(C(=O)COc2ccc([N+](=O)[O-])c(C=O)c2)C(C)CN1Cc1ccc(F)cc1. The molecule has 0 saturated carbocycles. The summed E-state index contributed by atoms with van der Waals surface area (Å²) in [6, 6.07) is 10.3. The van der Waals surface area contributed by atoms with Gasteiger partial charge in [0.2, 0.25) is 0 Å². The largest absolute Gasteiger partial charge is 0.484 e. The Hall–Kier alpha value is -3.33. The van der Waals surface area contributed by atoms with E-state index in [9.17, 15) is 24.1 Å². The van der Waals surface area contributed by atoms with Crippen molar-refractivity contribution in [3.8, 4) is 5.75 Å². The van der Waals surface area contributed by atoms with Crippen LogP contribution >= 0.6 is 0 Å². The standard InChI is InChI=1S/C22H24FN3O5/c1-15-11-25(16(2)10-24(15)12-17-3-5-19(23)6-4-17)22(28)14-31-20-7-8-21(26(29)30)18(9-20)13-27/h3-9,13,15-16H,10-12,14H2,1-2H3. The number of hydrogen-bond donors (Lipinski definition) is 0. The minimum absolute atomic E-state index is 0.0462. The van der Waals surface area contributed by atoms with Crippen LogP contribution in [0, 0.1) is 15.9 Å². The molecule has 0 radical (unpaired) electrons. The van der Waals surface area contributed by atoms with Crippen molar-refractivity contribution >= 4 is 17.9 Å². The van der Waals surface area contributed by atoms with Gasteiger partial charge in [-0.05, 0) is 43.7 Å². The lowest BCUT2D eigenvalue weighted by atomic mass is 10.1. The Morgan fingerprint density at radius 3 is 2.55 bits per heavy atom. The molecule has 9 heteroatoms. The molecule has 1 amide bonds. The van der Waals surface area contributed by atoms with Gasteiger partial charge in [-0.1, -0.05) is 12.1 Å². The van der Waals surface area contributed by atoms with Crippen LogP contribution in [0.4, 0.5) is 10.1 Å². The molecule has 1 aliphatic heterocycles. The third-order valence-corrected chi connectivity index (χ3v) is 5.42. The smallest absolute Gasteiger partial charge is 0.280 e. The van der Waals surface area contributed by atoms with Gasteiger partial charge in [-0.15, -0.1) is 0 Å². The topological polar surface area (TPSA) is 93.0 Å². The minimum atomic E-state index is -0.646. The van der Waals surface area contributed by atoms with Crippen molar-refractivity contribution in [1.82, 2.24) is 9.80 Å². The van der Waals surface area contributed by atoms with Crippen LogP contribution in [-0.2, 0) is 11.3 Å². The third kappa shape index (κ3) is 5.43. The first-order chi connectivity index (χ1) is 14.8. The van der Waals surface area contributed by atoms with Gasteiger partial charge in [-0.25, -0.2) is 4.39 Å². The van der Waals surface area contributed by atoms with Gasteiger partial charge >= 0.3 is 0 Å². The van der Waals surface area contributed by atoms with Crippen molar-refractivity contribution < 1.29 is 23.6 Å². The van der Waals surface area contributed by atoms with E-state index in [-0.39, 0.29) is 47.4 Å². The molecule has 3 rings (SSSR count). The highest BCUT2D eigenvalue weighted by Gasteiger charge is 2.32. The minimum Gasteiger partial charge on any atom is -0.484 e. The molecule has 1 aliphatic rings. The van der Waals surface area contributed by atoms with E-state index in [0.717, 1.165) is 5.56 Å². The fraction of sp³-hybridized carbons (Fsp3) is 0.364. The van der Waals surface area contributed by atoms with Gasteiger partial charge in [0, 0.05) is 37.8 Å². The molecule has 0 aliphatic carbocycles. The van der Waals surface area contributed by atoms with Crippen molar-refractivity contribution in [1.29, 1.82) is 0 Å². The highest BCUT2D eigenvalue weighted by atomic mass is 19.1. The molecule has 0 bridgehead atoms. The van der Waals surface area contributed by atoms with Crippen LogP contribution in [0.15, 0.2) is 42.5 Å². The van der Waals surface area contributed by atoms with Gasteiger partial charge in [0.15, 0.2) is 12.9 Å². The second-order valence-electron chi connectivity index (χ2n) is 7.68. The fourth-order valence-electron chi connectivity index (χ4n) is 3.70. The maximum Gasteiger partial charge on any atom is 0.280 e. The second kappa shape index (κ2) is 9.65. The number of benzene rings is 2. The summed E-state index contributed by atoms with van der Waals surface area (Å²) in [5.41, 5.74) is 0.590. The number of carbonyl (C=O) groups excluding carboxylic acids is 2. The van der Waals surface area contributed by atoms with Crippen LogP contribution in [0.25, 0.3) is 0 Å². The van der Waals surface area contributed by atoms with Crippen LogP contribution < -0.4 is 4.74 Å². The van der Waals surface area contributed by atoms with Gasteiger partial charge in [0.05, 0.1) is 10.5 Å². The lowest BCUT2D eigenvalue weighted by molar-refractivity contribution is -0.385. The normalized spacial score (nSPS) is 19.1. The van der Waals surface area contributed by atoms with E-state index < -0.39 is 4.92 Å². The lowest BCUT2D eigenvalue weighted by Crippen LogP contribution is -2.58. The Bertz CT molecular complexity index is 966. The number of halogens is 1. The first-order valence-corrected chi connectivity index (χ1v) is 9.93. The molecule has 1 heterocycles. The number of nitro groups is 1. The first-order valence-electron chi connectivity index (χ1n) is 9.93. The predicted octanol–water partition coefficient (Wildman–Crippen LogP) is 3.05. The molecule has 1 saturated heterocycles. The van der Waals surface area contributed by atoms with Crippen molar-refractivity contribution in [2.24, 2.45) is 0 Å². The maximum absolute atomic E-state index is 13.1. The van der Waals surface area contributed by atoms with Crippen molar-refractivity contribution in [2.45, 2.75) is 32.5 Å². The first kappa shape index (κ1) is 22.4. The zero-order valence-corrected chi connectivity index (χ0v) is 17.4. The van der Waals surface area contributed by atoms with E-state index in [4.69, 9.17) is 4.74 Å².